The smallest absolute Gasteiger partial charge is 0.407 e. The summed E-state index contributed by atoms with van der Waals surface area (Å²) in [6.07, 6.45) is 3.02. The van der Waals surface area contributed by atoms with Crippen LogP contribution < -0.4 is 11.1 Å². The summed E-state index contributed by atoms with van der Waals surface area (Å²) in [6.45, 7) is 6.17. The summed E-state index contributed by atoms with van der Waals surface area (Å²) in [7, 11) is 0. The maximum absolute atomic E-state index is 13.2. The molecule has 3 N–H and O–H groups in total. The summed E-state index contributed by atoms with van der Waals surface area (Å²) in [5.74, 6) is 0.0794. The maximum Gasteiger partial charge on any atom is 0.407 e. The molecular weight excluding hydrogens is 390 g/mol. The molecule has 4 rings (SSSR count). The highest BCUT2D eigenvalue weighted by atomic mass is 16.6. The van der Waals surface area contributed by atoms with E-state index in [1.165, 1.54) is 0 Å². The Bertz CT molecular complexity index is 973. The van der Waals surface area contributed by atoms with E-state index in [0.717, 1.165) is 47.9 Å². The predicted octanol–water partition coefficient (Wildman–Crippen LogP) is 4.73. The van der Waals surface area contributed by atoms with Crippen LogP contribution in [0.3, 0.4) is 0 Å². The van der Waals surface area contributed by atoms with Crippen molar-refractivity contribution >= 4 is 17.7 Å². The highest BCUT2D eigenvalue weighted by Gasteiger charge is 2.36. The lowest BCUT2D eigenvalue weighted by Crippen LogP contribution is -2.45. The summed E-state index contributed by atoms with van der Waals surface area (Å²) in [4.78, 5) is 27.2. The molecule has 0 radical (unpaired) electrons. The molecule has 6 nitrogen and oxygen atoms in total. The third-order valence-corrected chi connectivity index (χ3v) is 6.05. The lowest BCUT2D eigenvalue weighted by atomic mass is 9.90. The number of nitrogens with two attached hydrogens (primary N) is 1. The number of alkyl carbamates (subject to hydrolysis) is 1. The fourth-order valence-corrected chi connectivity index (χ4v) is 4.57. The lowest BCUT2D eigenvalue weighted by molar-refractivity contribution is 0.0461. The van der Waals surface area contributed by atoms with Gasteiger partial charge in [0, 0.05) is 35.4 Å². The molecule has 0 aromatic heterocycles. The first-order chi connectivity index (χ1) is 14.7. The number of amides is 2. The normalized spacial score (nSPS) is 21.0. The van der Waals surface area contributed by atoms with E-state index in [1.807, 2.05) is 68.1 Å². The highest BCUT2D eigenvalue weighted by molar-refractivity contribution is 6.01. The lowest BCUT2D eigenvalue weighted by Gasteiger charge is -2.35. The number of anilines is 1. The average Bonchev–Trinajstić information content (AvgIpc) is 3.02. The van der Waals surface area contributed by atoms with E-state index in [2.05, 4.69) is 5.32 Å². The molecule has 1 aliphatic carbocycles. The molecule has 2 aromatic rings. The Labute approximate surface area is 183 Å². The van der Waals surface area contributed by atoms with Crippen molar-refractivity contribution in [3.63, 3.8) is 0 Å². The molecule has 1 aliphatic heterocycles. The van der Waals surface area contributed by atoms with Crippen molar-refractivity contribution in [1.82, 2.24) is 10.2 Å². The Morgan fingerprint density at radius 1 is 1.06 bits per heavy atom. The molecule has 2 aromatic carbocycles. The van der Waals surface area contributed by atoms with Crippen LogP contribution in [0.15, 0.2) is 42.5 Å². The van der Waals surface area contributed by atoms with E-state index < -0.39 is 5.60 Å². The molecule has 0 saturated heterocycles. The predicted molar refractivity (Wildman–Crippen MR) is 122 cm³/mol. The molecular formula is C25H31N3O3. The Morgan fingerprint density at radius 3 is 2.39 bits per heavy atom. The third kappa shape index (κ3) is 4.68. The summed E-state index contributed by atoms with van der Waals surface area (Å²) >= 11 is 0. The summed E-state index contributed by atoms with van der Waals surface area (Å²) in [6, 6.07) is 14.1. The Kier molecular flexibility index (Phi) is 5.65. The van der Waals surface area contributed by atoms with Gasteiger partial charge in [0.15, 0.2) is 0 Å². The van der Waals surface area contributed by atoms with E-state index in [4.69, 9.17) is 10.5 Å². The van der Waals surface area contributed by atoms with Gasteiger partial charge in [0.1, 0.15) is 5.60 Å². The van der Waals surface area contributed by atoms with E-state index >= 15 is 0 Å². The quantitative estimate of drug-likeness (QED) is 0.702. The molecule has 0 atom stereocenters. The maximum atomic E-state index is 13.2. The standard InChI is InChI=1S/C25H31N3O3/c1-25(2,3)31-24(30)27-18-9-11-19(12-10-18)28-15-17-13-22(26)20(14-21(17)23(28)29)16-7-5-4-6-8-16/h4-8,13-14,18-19H,9-12,15,26H2,1-3H3,(H,27,30). The number of nitrogen functional groups attached to an aromatic ring is 1. The Hall–Kier alpha value is -3.02. The summed E-state index contributed by atoms with van der Waals surface area (Å²) < 4.78 is 5.36. The zero-order valence-corrected chi connectivity index (χ0v) is 18.5. The van der Waals surface area contributed by atoms with Gasteiger partial charge in [0.05, 0.1) is 0 Å². The second kappa shape index (κ2) is 8.25. The molecule has 1 fully saturated rings. The first-order valence-electron chi connectivity index (χ1n) is 11.0. The molecule has 6 heteroatoms. The number of hydrogen-bond acceptors (Lipinski definition) is 4. The van der Waals surface area contributed by atoms with Crippen LogP contribution in [0, 0.1) is 0 Å². The van der Waals surface area contributed by atoms with Crippen molar-refractivity contribution in [2.75, 3.05) is 5.73 Å². The van der Waals surface area contributed by atoms with Crippen molar-refractivity contribution in [3.8, 4) is 11.1 Å². The van der Waals surface area contributed by atoms with E-state index in [0.29, 0.717) is 12.2 Å². The molecule has 164 valence electrons. The molecule has 1 heterocycles. The number of rotatable bonds is 3. The van der Waals surface area contributed by atoms with Gasteiger partial charge in [-0.1, -0.05) is 30.3 Å². The molecule has 1 saturated carbocycles. The SMILES string of the molecule is CC(C)(C)OC(=O)NC1CCC(N2Cc3cc(N)c(-c4ccccc4)cc3C2=O)CC1. The van der Waals surface area contributed by atoms with Gasteiger partial charge in [0.25, 0.3) is 5.91 Å². The van der Waals surface area contributed by atoms with Gasteiger partial charge in [-0.3, -0.25) is 4.79 Å². The second-order valence-electron chi connectivity index (χ2n) is 9.55. The van der Waals surface area contributed by atoms with Crippen molar-refractivity contribution in [2.24, 2.45) is 0 Å². The number of carbonyl (C=O) groups is 2. The minimum Gasteiger partial charge on any atom is -0.444 e. The molecule has 0 bridgehead atoms. The average molecular weight is 422 g/mol. The van der Waals surface area contributed by atoms with Gasteiger partial charge < -0.3 is 20.7 Å². The fourth-order valence-electron chi connectivity index (χ4n) is 4.57. The Balaban J connectivity index is 1.40. The van der Waals surface area contributed by atoms with Gasteiger partial charge in [-0.05, 0) is 69.7 Å². The number of benzene rings is 2. The van der Waals surface area contributed by atoms with Crippen LogP contribution in [0.4, 0.5) is 10.5 Å². The molecule has 2 amide bonds. The molecule has 31 heavy (non-hydrogen) atoms. The minimum absolute atomic E-state index is 0.0794. The van der Waals surface area contributed by atoms with Crippen LogP contribution in [-0.4, -0.2) is 34.6 Å². The zero-order chi connectivity index (χ0) is 22.2. The van der Waals surface area contributed by atoms with Crippen LogP contribution in [0.25, 0.3) is 11.1 Å². The van der Waals surface area contributed by atoms with Crippen molar-refractivity contribution in [1.29, 1.82) is 0 Å². The highest BCUT2D eigenvalue weighted by Crippen LogP contribution is 2.36. The zero-order valence-electron chi connectivity index (χ0n) is 18.5. The van der Waals surface area contributed by atoms with Crippen molar-refractivity contribution in [2.45, 2.75) is 70.7 Å². The monoisotopic (exact) mass is 421 g/mol. The summed E-state index contributed by atoms with van der Waals surface area (Å²) in [5, 5.41) is 2.97. The number of hydrogen-bond donors (Lipinski definition) is 2. The van der Waals surface area contributed by atoms with E-state index in [9.17, 15) is 9.59 Å². The number of ether oxygens (including phenoxy) is 1. The van der Waals surface area contributed by atoms with Gasteiger partial charge in [-0.15, -0.1) is 0 Å². The van der Waals surface area contributed by atoms with Gasteiger partial charge in [0.2, 0.25) is 0 Å². The van der Waals surface area contributed by atoms with E-state index in [-0.39, 0.29) is 24.1 Å². The van der Waals surface area contributed by atoms with Crippen LogP contribution in [-0.2, 0) is 11.3 Å². The van der Waals surface area contributed by atoms with E-state index in [1.54, 1.807) is 0 Å². The number of carbonyl (C=O) groups excluding carboxylic acids is 2. The minimum atomic E-state index is -0.504. The molecule has 0 unspecified atom stereocenters. The van der Waals surface area contributed by atoms with Crippen molar-refractivity contribution < 1.29 is 14.3 Å². The van der Waals surface area contributed by atoms with Crippen LogP contribution in [0.1, 0.15) is 62.4 Å². The largest absolute Gasteiger partial charge is 0.444 e. The Morgan fingerprint density at radius 2 is 1.74 bits per heavy atom. The summed E-state index contributed by atoms with van der Waals surface area (Å²) in [5.41, 5.74) is 10.2. The van der Waals surface area contributed by atoms with Crippen molar-refractivity contribution in [3.05, 3.63) is 53.6 Å². The third-order valence-electron chi connectivity index (χ3n) is 6.05. The van der Waals surface area contributed by atoms with Crippen LogP contribution in [0.2, 0.25) is 0 Å². The first kappa shape index (κ1) is 21.2. The second-order valence-corrected chi connectivity index (χ2v) is 9.55. The van der Waals surface area contributed by atoms with Crippen LogP contribution >= 0.6 is 0 Å². The van der Waals surface area contributed by atoms with Gasteiger partial charge in [-0.25, -0.2) is 4.79 Å². The first-order valence-corrected chi connectivity index (χ1v) is 11.0. The van der Waals surface area contributed by atoms with Gasteiger partial charge in [-0.2, -0.15) is 0 Å². The fraction of sp³-hybridized carbons (Fsp3) is 0.440. The van der Waals surface area contributed by atoms with Gasteiger partial charge >= 0.3 is 6.09 Å². The molecule has 2 aliphatic rings. The number of nitrogens with one attached hydrogen (secondary N) is 1. The molecule has 0 spiro atoms. The number of nitrogens with zero attached hydrogens (tertiary/aromatic N) is 1. The number of fused-ring (bicyclic) bond motifs is 1. The topological polar surface area (TPSA) is 84.7 Å². The van der Waals surface area contributed by atoms with Crippen LogP contribution in [0.5, 0.6) is 0 Å².